The third-order valence-corrected chi connectivity index (χ3v) is 2.66. The molecule has 0 saturated heterocycles. The molecule has 0 aromatic heterocycles. The van der Waals surface area contributed by atoms with Gasteiger partial charge in [0.15, 0.2) is 0 Å². The normalized spacial score (nSPS) is 10.8. The van der Waals surface area contributed by atoms with Crippen molar-refractivity contribution >= 4 is 0 Å². The third kappa shape index (κ3) is 5.58. The van der Waals surface area contributed by atoms with Crippen molar-refractivity contribution in [3.63, 3.8) is 0 Å². The van der Waals surface area contributed by atoms with Gasteiger partial charge in [-0.25, -0.2) is 4.39 Å². The lowest BCUT2D eigenvalue weighted by molar-refractivity contribution is 0.0394. The highest BCUT2D eigenvalue weighted by molar-refractivity contribution is 5.27. The molecule has 0 unspecified atom stereocenters. The standard InChI is InChI=1S/C14H22FNO2/c1-2-3-6-17-7-8-18-11-13-9-14(15)5-4-12(13)10-16/h4-5,9H,2-3,6-8,10-11,16H2,1H3. The Morgan fingerprint density at radius 1 is 1.11 bits per heavy atom. The van der Waals surface area contributed by atoms with Gasteiger partial charge in [-0.1, -0.05) is 19.4 Å². The highest BCUT2D eigenvalue weighted by Gasteiger charge is 2.03. The van der Waals surface area contributed by atoms with Crippen LogP contribution in [0.3, 0.4) is 0 Å². The van der Waals surface area contributed by atoms with Crippen molar-refractivity contribution in [3.8, 4) is 0 Å². The first kappa shape index (κ1) is 15.1. The molecule has 0 spiro atoms. The molecular weight excluding hydrogens is 233 g/mol. The molecule has 0 bridgehead atoms. The van der Waals surface area contributed by atoms with Crippen molar-refractivity contribution < 1.29 is 13.9 Å². The molecule has 0 aliphatic rings. The molecule has 0 amide bonds. The Kier molecular flexibility index (Phi) is 7.57. The Morgan fingerprint density at radius 2 is 1.89 bits per heavy atom. The Labute approximate surface area is 108 Å². The average Bonchev–Trinajstić information content (AvgIpc) is 2.38. The number of hydrogen-bond donors (Lipinski definition) is 1. The summed E-state index contributed by atoms with van der Waals surface area (Å²) in [6.45, 7) is 4.76. The molecule has 1 aromatic rings. The first-order valence-corrected chi connectivity index (χ1v) is 6.40. The molecular formula is C14H22FNO2. The summed E-state index contributed by atoms with van der Waals surface area (Å²) < 4.78 is 23.9. The van der Waals surface area contributed by atoms with Crippen LogP contribution in [0.5, 0.6) is 0 Å². The maximum absolute atomic E-state index is 13.1. The van der Waals surface area contributed by atoms with E-state index in [-0.39, 0.29) is 5.82 Å². The van der Waals surface area contributed by atoms with Crippen LogP contribution in [0.4, 0.5) is 4.39 Å². The van der Waals surface area contributed by atoms with Crippen LogP contribution >= 0.6 is 0 Å². The van der Waals surface area contributed by atoms with Crippen LogP contribution in [-0.2, 0) is 22.6 Å². The molecule has 1 rings (SSSR count). The lowest BCUT2D eigenvalue weighted by Crippen LogP contribution is -2.08. The maximum atomic E-state index is 13.1. The molecule has 0 aliphatic heterocycles. The summed E-state index contributed by atoms with van der Waals surface area (Å²) in [5.41, 5.74) is 7.31. The Morgan fingerprint density at radius 3 is 2.61 bits per heavy atom. The molecule has 2 N–H and O–H groups in total. The van der Waals surface area contributed by atoms with Gasteiger partial charge in [0.05, 0.1) is 19.8 Å². The van der Waals surface area contributed by atoms with Crippen LogP contribution < -0.4 is 5.73 Å². The number of benzene rings is 1. The van der Waals surface area contributed by atoms with Crippen molar-refractivity contribution in [2.24, 2.45) is 5.73 Å². The van der Waals surface area contributed by atoms with Crippen molar-refractivity contribution in [2.75, 3.05) is 19.8 Å². The molecule has 0 saturated carbocycles. The molecule has 18 heavy (non-hydrogen) atoms. The summed E-state index contributed by atoms with van der Waals surface area (Å²) in [6.07, 6.45) is 2.20. The van der Waals surface area contributed by atoms with Gasteiger partial charge in [-0.15, -0.1) is 0 Å². The number of nitrogens with two attached hydrogens (primary N) is 1. The number of rotatable bonds is 9. The van der Waals surface area contributed by atoms with Crippen molar-refractivity contribution in [2.45, 2.75) is 32.9 Å². The van der Waals surface area contributed by atoms with E-state index >= 15 is 0 Å². The number of halogens is 1. The summed E-state index contributed by atoms with van der Waals surface area (Å²) >= 11 is 0. The van der Waals surface area contributed by atoms with Gasteiger partial charge in [0.2, 0.25) is 0 Å². The molecule has 3 nitrogen and oxygen atoms in total. The summed E-state index contributed by atoms with van der Waals surface area (Å²) in [4.78, 5) is 0. The van der Waals surface area contributed by atoms with Gasteiger partial charge in [-0.3, -0.25) is 0 Å². The fourth-order valence-corrected chi connectivity index (χ4v) is 1.58. The van der Waals surface area contributed by atoms with E-state index in [0.717, 1.165) is 30.6 Å². The van der Waals surface area contributed by atoms with E-state index in [4.69, 9.17) is 15.2 Å². The Balaban J connectivity index is 2.24. The molecule has 4 heteroatoms. The molecule has 1 aromatic carbocycles. The Bertz CT molecular complexity index is 345. The van der Waals surface area contributed by atoms with Crippen LogP contribution in [0, 0.1) is 5.82 Å². The maximum Gasteiger partial charge on any atom is 0.123 e. The van der Waals surface area contributed by atoms with E-state index in [0.29, 0.717) is 26.4 Å². The zero-order valence-corrected chi connectivity index (χ0v) is 11.0. The van der Waals surface area contributed by atoms with E-state index in [9.17, 15) is 4.39 Å². The largest absolute Gasteiger partial charge is 0.379 e. The first-order chi connectivity index (χ1) is 8.77. The van der Waals surface area contributed by atoms with E-state index < -0.39 is 0 Å². The monoisotopic (exact) mass is 255 g/mol. The minimum Gasteiger partial charge on any atom is -0.379 e. The van der Waals surface area contributed by atoms with Crippen LogP contribution in [0.25, 0.3) is 0 Å². The van der Waals surface area contributed by atoms with E-state index in [1.807, 2.05) is 0 Å². The second-order valence-corrected chi connectivity index (χ2v) is 4.14. The molecule has 102 valence electrons. The number of unbranched alkanes of at least 4 members (excludes halogenated alkanes) is 1. The molecule has 0 atom stereocenters. The van der Waals surface area contributed by atoms with Gasteiger partial charge < -0.3 is 15.2 Å². The smallest absolute Gasteiger partial charge is 0.123 e. The second kappa shape index (κ2) is 9.03. The van der Waals surface area contributed by atoms with E-state index in [2.05, 4.69) is 6.92 Å². The van der Waals surface area contributed by atoms with Crippen molar-refractivity contribution in [3.05, 3.63) is 35.1 Å². The first-order valence-electron chi connectivity index (χ1n) is 6.40. The van der Waals surface area contributed by atoms with Crippen LogP contribution in [0.2, 0.25) is 0 Å². The summed E-state index contributed by atoms with van der Waals surface area (Å²) in [7, 11) is 0. The summed E-state index contributed by atoms with van der Waals surface area (Å²) in [5.74, 6) is -0.259. The van der Waals surface area contributed by atoms with Crippen LogP contribution in [-0.4, -0.2) is 19.8 Å². The van der Waals surface area contributed by atoms with Crippen LogP contribution in [0.15, 0.2) is 18.2 Å². The number of hydrogen-bond acceptors (Lipinski definition) is 3. The average molecular weight is 255 g/mol. The minimum absolute atomic E-state index is 0.259. The highest BCUT2D eigenvalue weighted by atomic mass is 19.1. The third-order valence-electron chi connectivity index (χ3n) is 2.66. The second-order valence-electron chi connectivity index (χ2n) is 4.14. The van der Waals surface area contributed by atoms with Gasteiger partial charge in [-0.05, 0) is 29.7 Å². The molecule has 0 aliphatic carbocycles. The van der Waals surface area contributed by atoms with Gasteiger partial charge in [0, 0.05) is 13.2 Å². The van der Waals surface area contributed by atoms with Gasteiger partial charge in [0.1, 0.15) is 5.82 Å². The van der Waals surface area contributed by atoms with E-state index in [1.54, 1.807) is 6.07 Å². The molecule has 0 fully saturated rings. The lowest BCUT2D eigenvalue weighted by Gasteiger charge is -2.09. The fraction of sp³-hybridized carbons (Fsp3) is 0.571. The van der Waals surface area contributed by atoms with Crippen LogP contribution in [0.1, 0.15) is 30.9 Å². The quantitative estimate of drug-likeness (QED) is 0.690. The fourth-order valence-electron chi connectivity index (χ4n) is 1.58. The van der Waals surface area contributed by atoms with Crippen molar-refractivity contribution in [1.82, 2.24) is 0 Å². The summed E-state index contributed by atoms with van der Waals surface area (Å²) in [6, 6.07) is 4.59. The van der Waals surface area contributed by atoms with Crippen molar-refractivity contribution in [1.29, 1.82) is 0 Å². The zero-order chi connectivity index (χ0) is 13.2. The summed E-state index contributed by atoms with van der Waals surface area (Å²) in [5, 5.41) is 0. The van der Waals surface area contributed by atoms with Gasteiger partial charge in [-0.2, -0.15) is 0 Å². The number of ether oxygens (including phenoxy) is 2. The zero-order valence-electron chi connectivity index (χ0n) is 11.0. The predicted octanol–water partition coefficient (Wildman–Crippen LogP) is 2.62. The van der Waals surface area contributed by atoms with E-state index in [1.165, 1.54) is 12.1 Å². The topological polar surface area (TPSA) is 44.5 Å². The lowest BCUT2D eigenvalue weighted by atomic mass is 10.1. The molecule has 0 radical (unpaired) electrons. The minimum atomic E-state index is -0.259. The SMILES string of the molecule is CCCCOCCOCc1cc(F)ccc1CN. The van der Waals surface area contributed by atoms with Gasteiger partial charge in [0.25, 0.3) is 0 Å². The predicted molar refractivity (Wildman–Crippen MR) is 69.7 cm³/mol. The van der Waals surface area contributed by atoms with Gasteiger partial charge >= 0.3 is 0 Å². The highest BCUT2D eigenvalue weighted by Crippen LogP contribution is 2.12. The molecule has 0 heterocycles. The Hall–Kier alpha value is -0.970.